The van der Waals surface area contributed by atoms with Gasteiger partial charge in [0, 0.05) is 37.3 Å². The summed E-state index contributed by atoms with van der Waals surface area (Å²) >= 11 is 0. The van der Waals surface area contributed by atoms with Gasteiger partial charge in [-0.05, 0) is 36.1 Å². The van der Waals surface area contributed by atoms with E-state index in [9.17, 15) is 9.59 Å². The molecule has 0 fully saturated rings. The van der Waals surface area contributed by atoms with Gasteiger partial charge in [0.05, 0.1) is 24.5 Å². The number of imidazole rings is 2. The number of carbonyl (C=O) groups excluding carboxylic acids is 2. The Hall–Kier alpha value is -4.28. The molecule has 0 saturated carbocycles. The maximum Gasteiger partial charge on any atom is 0.269 e. The minimum atomic E-state index is -0.538. The molecule has 6 rings (SSSR count). The fourth-order valence-corrected chi connectivity index (χ4v) is 5.79. The van der Waals surface area contributed by atoms with Crippen LogP contribution in [0, 0.1) is 13.8 Å². The van der Waals surface area contributed by atoms with Crippen LogP contribution in [0.3, 0.4) is 0 Å². The number of benzene rings is 2. The van der Waals surface area contributed by atoms with Crippen LogP contribution in [0.2, 0.25) is 0 Å². The zero-order valence-electron chi connectivity index (χ0n) is 21.5. The van der Waals surface area contributed by atoms with Crippen LogP contribution in [0.4, 0.5) is 0 Å². The van der Waals surface area contributed by atoms with Crippen molar-refractivity contribution in [1.29, 1.82) is 0 Å². The van der Waals surface area contributed by atoms with Crippen molar-refractivity contribution in [2.45, 2.75) is 40.0 Å². The molecule has 4 aromatic rings. The Labute approximate surface area is 220 Å². The second kappa shape index (κ2) is 9.23. The van der Waals surface area contributed by atoms with Crippen molar-refractivity contribution < 1.29 is 9.59 Å². The summed E-state index contributed by atoms with van der Waals surface area (Å²) in [4.78, 5) is 33.9. The van der Waals surface area contributed by atoms with Crippen molar-refractivity contribution in [1.82, 2.24) is 29.7 Å². The van der Waals surface area contributed by atoms with Crippen molar-refractivity contribution in [2.24, 2.45) is 11.5 Å². The van der Waals surface area contributed by atoms with Gasteiger partial charge in [0.2, 0.25) is 0 Å². The first-order chi connectivity index (χ1) is 18.4. The van der Waals surface area contributed by atoms with Crippen LogP contribution >= 0.6 is 0 Å². The number of hydrogen-bond acceptors (Lipinski definition) is 6. The van der Waals surface area contributed by atoms with E-state index in [-0.39, 0.29) is 0 Å². The summed E-state index contributed by atoms with van der Waals surface area (Å²) in [6.45, 7) is 8.30. The fraction of sp³-hybridized carbons (Fsp3) is 0.286. The highest BCUT2D eigenvalue weighted by molar-refractivity contribution is 5.99. The van der Waals surface area contributed by atoms with E-state index >= 15 is 0 Å². The number of hydrogen-bond donors (Lipinski definition) is 4. The molecule has 0 aliphatic carbocycles. The first kappa shape index (κ1) is 24.1. The summed E-state index contributed by atoms with van der Waals surface area (Å²) in [7, 11) is 0. The Balaban J connectivity index is 1.53. The Kier molecular flexibility index (Phi) is 5.85. The number of nitrogens with two attached hydrogens (primary N) is 2. The van der Waals surface area contributed by atoms with Gasteiger partial charge < -0.3 is 31.2 Å². The highest BCUT2D eigenvalue weighted by atomic mass is 16.1. The minimum Gasteiger partial charge on any atom is -0.364 e. The molecule has 0 spiro atoms. The maximum absolute atomic E-state index is 12.4. The number of aromatic nitrogens is 4. The molecular formula is C28H30N8O2. The van der Waals surface area contributed by atoms with Gasteiger partial charge in [0.15, 0.2) is 11.4 Å². The first-order valence-corrected chi connectivity index (χ1v) is 12.8. The second-order valence-corrected chi connectivity index (χ2v) is 9.79. The molecule has 4 heterocycles. The lowest BCUT2D eigenvalue weighted by Gasteiger charge is -2.21. The summed E-state index contributed by atoms with van der Waals surface area (Å²) in [6, 6.07) is 12.2. The van der Waals surface area contributed by atoms with E-state index in [0.29, 0.717) is 37.6 Å². The molecule has 38 heavy (non-hydrogen) atoms. The molecule has 2 aliphatic rings. The molecule has 2 aliphatic heterocycles. The van der Waals surface area contributed by atoms with Crippen molar-refractivity contribution in [3.05, 3.63) is 70.6 Å². The van der Waals surface area contributed by atoms with E-state index in [1.807, 2.05) is 24.3 Å². The lowest BCUT2D eigenvalue weighted by Crippen LogP contribution is -2.28. The maximum atomic E-state index is 12.4. The smallest absolute Gasteiger partial charge is 0.269 e. The number of rotatable bonds is 5. The Morgan fingerprint density at radius 1 is 0.711 bits per heavy atom. The van der Waals surface area contributed by atoms with Crippen LogP contribution in [0.15, 0.2) is 36.4 Å². The van der Waals surface area contributed by atoms with E-state index in [1.165, 1.54) is 0 Å². The normalized spacial score (nSPS) is 14.7. The lowest BCUT2D eigenvalue weighted by molar-refractivity contribution is 0.0988. The van der Waals surface area contributed by atoms with Gasteiger partial charge in [-0.25, -0.2) is 9.97 Å². The molecule has 6 N–H and O–H groups in total. The van der Waals surface area contributed by atoms with Gasteiger partial charge in [0.1, 0.15) is 11.6 Å². The fourth-order valence-electron chi connectivity index (χ4n) is 5.79. The van der Waals surface area contributed by atoms with E-state index in [1.54, 1.807) is 0 Å². The highest BCUT2D eigenvalue weighted by Crippen LogP contribution is 2.39. The van der Waals surface area contributed by atoms with Crippen molar-refractivity contribution >= 4 is 11.8 Å². The average Bonchev–Trinajstić information content (AvgIpc) is 3.49. The van der Waals surface area contributed by atoms with Crippen molar-refractivity contribution in [3.63, 3.8) is 0 Å². The lowest BCUT2D eigenvalue weighted by atomic mass is 9.89. The van der Waals surface area contributed by atoms with Gasteiger partial charge in [-0.2, -0.15) is 0 Å². The molecule has 10 heteroatoms. The van der Waals surface area contributed by atoms with Gasteiger partial charge in [-0.15, -0.1) is 0 Å². The van der Waals surface area contributed by atoms with Crippen molar-refractivity contribution in [2.75, 3.05) is 13.1 Å². The summed E-state index contributed by atoms with van der Waals surface area (Å²) in [5.74, 6) is 0.539. The average molecular weight is 511 g/mol. The largest absolute Gasteiger partial charge is 0.364 e. The van der Waals surface area contributed by atoms with E-state index in [4.69, 9.17) is 11.5 Å². The summed E-state index contributed by atoms with van der Waals surface area (Å²) in [6.07, 6.45) is 0. The molecule has 0 unspecified atom stereocenters. The Morgan fingerprint density at radius 2 is 1.11 bits per heavy atom. The van der Waals surface area contributed by atoms with Crippen LogP contribution in [-0.4, -0.2) is 44.0 Å². The third-order valence-electron chi connectivity index (χ3n) is 7.62. The number of carbonyl (C=O) groups is 2. The highest BCUT2D eigenvalue weighted by Gasteiger charge is 2.27. The van der Waals surface area contributed by atoms with Crippen LogP contribution < -0.4 is 22.1 Å². The number of nitrogens with zero attached hydrogens (tertiary/aromatic N) is 4. The van der Waals surface area contributed by atoms with Crippen molar-refractivity contribution in [3.8, 4) is 33.6 Å². The van der Waals surface area contributed by atoms with E-state index < -0.39 is 11.8 Å². The quantitative estimate of drug-likeness (QED) is 0.323. The SMILES string of the molecule is Cc1c(-c2cccc(-c3c(C(N)=O)nc4n3CCNC4)c2C)cccc1-c1c(C(N)=O)nc2n1CCNC2. The number of primary amides is 2. The summed E-state index contributed by atoms with van der Waals surface area (Å²) in [5, 5.41) is 6.61. The number of fused-ring (bicyclic) bond motifs is 2. The Bertz CT molecular complexity index is 1490. The number of nitrogens with one attached hydrogen (secondary N) is 2. The summed E-state index contributed by atoms with van der Waals surface area (Å²) in [5.41, 5.74) is 19.6. The molecule has 0 radical (unpaired) electrons. The zero-order chi connectivity index (χ0) is 26.6. The first-order valence-electron chi connectivity index (χ1n) is 12.8. The molecule has 0 bridgehead atoms. The van der Waals surface area contributed by atoms with E-state index in [0.717, 1.165) is 69.5 Å². The molecule has 2 amide bonds. The number of amides is 2. The zero-order valence-corrected chi connectivity index (χ0v) is 21.5. The summed E-state index contributed by atoms with van der Waals surface area (Å²) < 4.78 is 4.19. The molecule has 10 nitrogen and oxygen atoms in total. The second-order valence-electron chi connectivity index (χ2n) is 9.79. The topological polar surface area (TPSA) is 146 Å². The third-order valence-corrected chi connectivity index (χ3v) is 7.62. The van der Waals surface area contributed by atoms with Gasteiger partial charge in [0.25, 0.3) is 11.8 Å². The molecule has 194 valence electrons. The van der Waals surface area contributed by atoms with E-state index in [2.05, 4.69) is 55.7 Å². The standard InChI is InChI=1S/C28H30N8O2/c1-15-17(5-3-7-19(15)25-23(27(29)37)33-21-13-31-9-11-35(21)25)18-6-4-8-20(16(18)2)26-24(28(30)38)34-22-14-32-10-12-36(22)26/h3-8,31-32H,9-14H2,1-2H3,(H2,29,37)(H2,30,38). The molecule has 2 aromatic carbocycles. The van der Waals surface area contributed by atoms with Crippen LogP contribution in [0.5, 0.6) is 0 Å². The minimum absolute atomic E-state index is 0.292. The van der Waals surface area contributed by atoms with Gasteiger partial charge in [-0.1, -0.05) is 36.4 Å². The predicted molar refractivity (Wildman–Crippen MR) is 144 cm³/mol. The third kappa shape index (κ3) is 3.72. The molecule has 2 aromatic heterocycles. The molecule has 0 atom stereocenters. The molecular weight excluding hydrogens is 480 g/mol. The van der Waals surface area contributed by atoms with Crippen LogP contribution in [0.1, 0.15) is 43.8 Å². The van der Waals surface area contributed by atoms with Crippen LogP contribution in [0.25, 0.3) is 33.6 Å². The van der Waals surface area contributed by atoms with Crippen LogP contribution in [-0.2, 0) is 26.2 Å². The Morgan fingerprint density at radius 3 is 1.50 bits per heavy atom. The predicted octanol–water partition coefficient (Wildman–Crippen LogP) is 2.10. The molecule has 0 saturated heterocycles. The van der Waals surface area contributed by atoms with Gasteiger partial charge >= 0.3 is 0 Å². The monoisotopic (exact) mass is 510 g/mol. The van der Waals surface area contributed by atoms with Gasteiger partial charge in [-0.3, -0.25) is 9.59 Å².